The molecule has 0 aliphatic rings. The van der Waals surface area contributed by atoms with E-state index in [0.717, 1.165) is 10.0 Å². The van der Waals surface area contributed by atoms with E-state index >= 15 is 0 Å². The van der Waals surface area contributed by atoms with Crippen molar-refractivity contribution in [2.24, 2.45) is 0 Å². The van der Waals surface area contributed by atoms with Gasteiger partial charge in [-0.05, 0) is 21.5 Å². The van der Waals surface area contributed by atoms with Crippen molar-refractivity contribution in [1.29, 1.82) is 0 Å². The van der Waals surface area contributed by atoms with Gasteiger partial charge in [-0.15, -0.1) is 0 Å². The average Bonchev–Trinajstić information content (AvgIpc) is 2.70. The summed E-state index contributed by atoms with van der Waals surface area (Å²) in [5.41, 5.74) is 1.05. The normalized spacial score (nSPS) is 10.3. The first-order valence-corrected chi connectivity index (χ1v) is 5.35. The Kier molecular flexibility index (Phi) is 3.00. The van der Waals surface area contributed by atoms with Crippen LogP contribution in [0.4, 0.5) is 5.82 Å². The Morgan fingerprint density at radius 2 is 2.19 bits per heavy atom. The summed E-state index contributed by atoms with van der Waals surface area (Å²) in [6.45, 7) is 0.558. The molecular weight excluding hydrogens is 274 g/mol. The van der Waals surface area contributed by atoms with Crippen LogP contribution in [-0.4, -0.2) is 14.5 Å². The van der Waals surface area contributed by atoms with Gasteiger partial charge in [0, 0.05) is 4.47 Å². The molecule has 2 rings (SSSR count). The van der Waals surface area contributed by atoms with E-state index in [1.54, 1.807) is 4.57 Å². The Hall–Kier alpha value is -1.69. The van der Waals surface area contributed by atoms with Crippen molar-refractivity contribution in [3.8, 4) is 0 Å². The van der Waals surface area contributed by atoms with Gasteiger partial charge in [-0.1, -0.05) is 34.1 Å². The smallest absolute Gasteiger partial charge is 0.358 e. The third kappa shape index (κ3) is 2.27. The van der Waals surface area contributed by atoms with E-state index in [4.69, 9.17) is 0 Å². The minimum Gasteiger partial charge on any atom is -0.358 e. The fourth-order valence-corrected chi connectivity index (χ4v) is 1.76. The summed E-state index contributed by atoms with van der Waals surface area (Å²) in [7, 11) is 0. The van der Waals surface area contributed by atoms with Crippen molar-refractivity contribution in [2.45, 2.75) is 6.54 Å². The Labute approximate surface area is 100 Å². The minimum atomic E-state index is -0.503. The van der Waals surface area contributed by atoms with Crippen LogP contribution in [0, 0.1) is 10.1 Å². The van der Waals surface area contributed by atoms with Gasteiger partial charge >= 0.3 is 5.82 Å². The molecule has 0 radical (unpaired) electrons. The highest BCUT2D eigenvalue weighted by Crippen LogP contribution is 2.17. The van der Waals surface area contributed by atoms with Crippen LogP contribution in [0.15, 0.2) is 41.3 Å². The van der Waals surface area contributed by atoms with E-state index < -0.39 is 4.92 Å². The monoisotopic (exact) mass is 281 g/mol. The molecule has 0 N–H and O–H groups in total. The number of hydrogen-bond donors (Lipinski definition) is 0. The molecule has 0 unspecified atom stereocenters. The lowest BCUT2D eigenvalue weighted by molar-refractivity contribution is -0.389. The van der Waals surface area contributed by atoms with Gasteiger partial charge in [0.25, 0.3) is 0 Å². The highest BCUT2D eigenvalue weighted by Gasteiger charge is 2.10. The standard InChI is InChI=1S/C10H8BrN3O2/c11-9-4-2-1-3-8(9)5-13-6-10(12-7-13)14(15)16/h1-4,6-7H,5H2. The molecule has 5 nitrogen and oxygen atoms in total. The van der Waals surface area contributed by atoms with Crippen molar-refractivity contribution in [3.63, 3.8) is 0 Å². The van der Waals surface area contributed by atoms with Gasteiger partial charge < -0.3 is 14.7 Å². The molecule has 1 aromatic heterocycles. The maximum Gasteiger partial charge on any atom is 0.381 e. The molecule has 1 aromatic carbocycles. The van der Waals surface area contributed by atoms with Crippen LogP contribution in [0.1, 0.15) is 5.56 Å². The van der Waals surface area contributed by atoms with Crippen LogP contribution < -0.4 is 0 Å². The number of rotatable bonds is 3. The number of hydrogen-bond acceptors (Lipinski definition) is 3. The quantitative estimate of drug-likeness (QED) is 0.642. The second-order valence-corrected chi connectivity index (χ2v) is 4.11. The maximum absolute atomic E-state index is 10.5. The van der Waals surface area contributed by atoms with Crippen LogP contribution in [0.5, 0.6) is 0 Å². The summed E-state index contributed by atoms with van der Waals surface area (Å²) in [5, 5.41) is 10.5. The Morgan fingerprint density at radius 1 is 1.44 bits per heavy atom. The molecule has 1 heterocycles. The summed E-state index contributed by atoms with van der Waals surface area (Å²) >= 11 is 3.42. The Morgan fingerprint density at radius 3 is 2.81 bits per heavy atom. The molecular formula is C10H8BrN3O2. The van der Waals surface area contributed by atoms with E-state index in [9.17, 15) is 10.1 Å². The summed E-state index contributed by atoms with van der Waals surface area (Å²) in [6, 6.07) is 7.73. The molecule has 0 amide bonds. The zero-order chi connectivity index (χ0) is 11.5. The van der Waals surface area contributed by atoms with E-state index in [1.807, 2.05) is 24.3 Å². The zero-order valence-corrected chi connectivity index (χ0v) is 9.79. The predicted molar refractivity (Wildman–Crippen MR) is 62.1 cm³/mol. The van der Waals surface area contributed by atoms with Gasteiger partial charge in [0.1, 0.15) is 6.20 Å². The zero-order valence-electron chi connectivity index (χ0n) is 8.21. The molecule has 0 spiro atoms. The topological polar surface area (TPSA) is 61.0 Å². The van der Waals surface area contributed by atoms with Gasteiger partial charge in [-0.25, -0.2) is 0 Å². The van der Waals surface area contributed by atoms with Crippen molar-refractivity contribution < 1.29 is 4.92 Å². The van der Waals surface area contributed by atoms with Crippen LogP contribution in [0.3, 0.4) is 0 Å². The third-order valence-corrected chi connectivity index (χ3v) is 2.89. The highest BCUT2D eigenvalue weighted by atomic mass is 79.9. The molecule has 82 valence electrons. The second kappa shape index (κ2) is 4.44. The van der Waals surface area contributed by atoms with E-state index in [2.05, 4.69) is 20.9 Å². The van der Waals surface area contributed by atoms with Crippen LogP contribution in [0.2, 0.25) is 0 Å². The number of nitro groups is 1. The summed E-state index contributed by atoms with van der Waals surface area (Å²) < 4.78 is 2.66. The molecule has 16 heavy (non-hydrogen) atoms. The van der Waals surface area contributed by atoms with E-state index in [0.29, 0.717) is 6.54 Å². The summed E-state index contributed by atoms with van der Waals surface area (Å²) in [4.78, 5) is 13.6. The van der Waals surface area contributed by atoms with E-state index in [-0.39, 0.29) is 5.82 Å². The molecule has 0 fully saturated rings. The lowest BCUT2D eigenvalue weighted by atomic mass is 10.2. The number of halogens is 1. The van der Waals surface area contributed by atoms with Crippen molar-refractivity contribution >= 4 is 21.7 Å². The number of imidazole rings is 1. The second-order valence-electron chi connectivity index (χ2n) is 3.25. The maximum atomic E-state index is 10.5. The predicted octanol–water partition coefficient (Wildman–Crippen LogP) is 2.60. The molecule has 0 aliphatic heterocycles. The fraction of sp³-hybridized carbons (Fsp3) is 0.100. The molecule has 6 heteroatoms. The largest absolute Gasteiger partial charge is 0.381 e. The fourth-order valence-electron chi connectivity index (χ4n) is 1.35. The molecule has 0 bridgehead atoms. The van der Waals surface area contributed by atoms with Crippen molar-refractivity contribution in [3.05, 3.63) is 56.9 Å². The summed E-state index contributed by atoms with van der Waals surface area (Å²) in [5.74, 6) is -0.132. The lowest BCUT2D eigenvalue weighted by Gasteiger charge is -2.03. The first kappa shape index (κ1) is 10.8. The molecule has 2 aromatic rings. The van der Waals surface area contributed by atoms with Crippen molar-refractivity contribution in [2.75, 3.05) is 0 Å². The SMILES string of the molecule is O=[N+]([O-])c1cn(Cc2ccccc2Br)cn1. The molecule has 0 aliphatic carbocycles. The minimum absolute atomic E-state index is 0.132. The summed E-state index contributed by atoms with van der Waals surface area (Å²) in [6.07, 6.45) is 2.87. The van der Waals surface area contributed by atoms with Gasteiger partial charge in [-0.2, -0.15) is 0 Å². The molecule has 0 saturated carbocycles. The molecule has 0 atom stereocenters. The third-order valence-electron chi connectivity index (χ3n) is 2.12. The van der Waals surface area contributed by atoms with Crippen LogP contribution in [0.25, 0.3) is 0 Å². The first-order valence-electron chi connectivity index (χ1n) is 4.56. The van der Waals surface area contributed by atoms with Gasteiger partial charge in [0.2, 0.25) is 6.33 Å². The van der Waals surface area contributed by atoms with Crippen molar-refractivity contribution in [1.82, 2.24) is 9.55 Å². The number of nitrogens with zero attached hydrogens (tertiary/aromatic N) is 3. The van der Waals surface area contributed by atoms with Crippen LogP contribution >= 0.6 is 15.9 Å². The number of aromatic nitrogens is 2. The van der Waals surface area contributed by atoms with E-state index in [1.165, 1.54) is 12.5 Å². The van der Waals surface area contributed by atoms with Gasteiger partial charge in [-0.3, -0.25) is 0 Å². The van der Waals surface area contributed by atoms with Gasteiger partial charge in [0.15, 0.2) is 0 Å². The first-order chi connectivity index (χ1) is 7.66. The Balaban J connectivity index is 2.21. The van der Waals surface area contributed by atoms with Gasteiger partial charge in [0.05, 0.1) is 6.54 Å². The Bertz CT molecular complexity index is 524. The van der Waals surface area contributed by atoms with Crippen LogP contribution in [-0.2, 0) is 6.54 Å². The highest BCUT2D eigenvalue weighted by molar-refractivity contribution is 9.10. The lowest BCUT2D eigenvalue weighted by Crippen LogP contribution is -1.97. The average molecular weight is 282 g/mol. The number of benzene rings is 1. The molecule has 0 saturated heterocycles.